The van der Waals surface area contributed by atoms with Gasteiger partial charge in [-0.05, 0) is 25.0 Å². The van der Waals surface area contributed by atoms with Gasteiger partial charge in [0.1, 0.15) is 19.3 Å². The Bertz CT molecular complexity index is 941. The second-order valence-electron chi connectivity index (χ2n) is 7.23. The zero-order chi connectivity index (χ0) is 19.3. The maximum absolute atomic E-state index is 12.5. The fourth-order valence-corrected chi connectivity index (χ4v) is 7.91. The van der Waals surface area contributed by atoms with Crippen LogP contribution in [0.5, 0.6) is 11.5 Å². The van der Waals surface area contributed by atoms with Crippen LogP contribution in [-0.2, 0) is 19.4 Å². The number of amidine groups is 1. The number of amides is 1. The minimum atomic E-state index is -3.11. The topological polar surface area (TPSA) is 94.5 Å². The molecule has 1 aromatic carbocycles. The summed E-state index contributed by atoms with van der Waals surface area (Å²) in [6.07, 6.45) is 1.02. The van der Waals surface area contributed by atoms with Crippen LogP contribution in [0.4, 0.5) is 5.69 Å². The summed E-state index contributed by atoms with van der Waals surface area (Å²) in [6, 6.07) is 5.24. The van der Waals surface area contributed by atoms with E-state index in [9.17, 15) is 13.2 Å². The van der Waals surface area contributed by atoms with E-state index < -0.39 is 15.9 Å². The van der Waals surface area contributed by atoms with Crippen molar-refractivity contribution in [1.82, 2.24) is 0 Å². The lowest BCUT2D eigenvalue weighted by Gasteiger charge is -2.26. The summed E-state index contributed by atoms with van der Waals surface area (Å²) in [5, 5.41) is 0.385. The second kappa shape index (κ2) is 6.93. The minimum Gasteiger partial charge on any atom is -0.486 e. The summed E-state index contributed by atoms with van der Waals surface area (Å²) in [6.45, 7) is 1.53. The molecule has 0 aliphatic carbocycles. The first-order chi connectivity index (χ1) is 13.5. The highest BCUT2D eigenvalue weighted by atomic mass is 32.2. The molecule has 8 nitrogen and oxygen atoms in total. The number of ether oxygens (including phenoxy) is 3. The molecule has 0 spiro atoms. The highest BCUT2D eigenvalue weighted by molar-refractivity contribution is 8.16. The van der Waals surface area contributed by atoms with Crippen molar-refractivity contribution in [3.8, 4) is 11.5 Å². The number of aliphatic imine (C=N–C) groups is 1. The molecule has 4 aliphatic heterocycles. The lowest BCUT2D eigenvalue weighted by molar-refractivity contribution is -0.126. The van der Waals surface area contributed by atoms with Crippen molar-refractivity contribution in [1.29, 1.82) is 0 Å². The Morgan fingerprint density at radius 1 is 1.14 bits per heavy atom. The number of fused-ring (bicyclic) bond motifs is 2. The van der Waals surface area contributed by atoms with E-state index in [-0.39, 0.29) is 28.7 Å². The summed E-state index contributed by atoms with van der Waals surface area (Å²) in [7, 11) is -3.11. The van der Waals surface area contributed by atoms with Crippen LogP contribution in [-0.4, -0.2) is 68.2 Å². The largest absolute Gasteiger partial charge is 0.486 e. The highest BCUT2D eigenvalue weighted by Gasteiger charge is 2.49. The van der Waals surface area contributed by atoms with E-state index in [4.69, 9.17) is 14.2 Å². The first-order valence-electron chi connectivity index (χ1n) is 9.30. The molecule has 1 aromatic rings. The van der Waals surface area contributed by atoms with E-state index in [2.05, 4.69) is 4.99 Å². The number of sulfone groups is 1. The molecule has 0 N–H and O–H groups in total. The molecule has 1 amide bonds. The first-order valence-corrected chi connectivity index (χ1v) is 12.0. The molecular formula is C18H20N2O6S2. The van der Waals surface area contributed by atoms with Gasteiger partial charge in [0.25, 0.3) is 5.91 Å². The van der Waals surface area contributed by atoms with Gasteiger partial charge in [-0.25, -0.2) is 8.42 Å². The van der Waals surface area contributed by atoms with Crippen LogP contribution in [0.2, 0.25) is 0 Å². The van der Waals surface area contributed by atoms with Crippen LogP contribution in [0.1, 0.15) is 12.8 Å². The van der Waals surface area contributed by atoms with Gasteiger partial charge in [0.05, 0.1) is 17.5 Å². The summed E-state index contributed by atoms with van der Waals surface area (Å²) >= 11 is 1.36. The van der Waals surface area contributed by atoms with Crippen molar-refractivity contribution in [2.75, 3.05) is 36.2 Å². The van der Waals surface area contributed by atoms with Crippen molar-refractivity contribution in [2.24, 2.45) is 4.99 Å². The Morgan fingerprint density at radius 3 is 2.75 bits per heavy atom. The summed E-state index contributed by atoms with van der Waals surface area (Å²) < 4.78 is 41.1. The number of benzene rings is 1. The molecule has 0 unspecified atom stereocenters. The Kier molecular flexibility index (Phi) is 4.52. The number of anilines is 1. The Morgan fingerprint density at radius 2 is 1.96 bits per heavy atom. The fourth-order valence-electron chi connectivity index (χ4n) is 3.99. The van der Waals surface area contributed by atoms with Crippen LogP contribution in [0.25, 0.3) is 0 Å². The monoisotopic (exact) mass is 424 g/mol. The number of hydrogen-bond acceptors (Lipinski definition) is 7. The van der Waals surface area contributed by atoms with Gasteiger partial charge in [-0.3, -0.25) is 4.79 Å². The van der Waals surface area contributed by atoms with E-state index >= 15 is 0 Å². The number of hydrogen-bond donors (Lipinski definition) is 0. The lowest BCUT2D eigenvalue weighted by atomic mass is 10.2. The Hall–Kier alpha value is -1.78. The molecule has 0 radical (unpaired) electrons. The molecule has 150 valence electrons. The maximum atomic E-state index is 12.5. The van der Waals surface area contributed by atoms with Gasteiger partial charge in [-0.2, -0.15) is 4.99 Å². The molecule has 4 heterocycles. The number of carbonyl (C=O) groups excluding carboxylic acids is 1. The second-order valence-corrected chi connectivity index (χ2v) is 10.6. The maximum Gasteiger partial charge on any atom is 0.277 e. The average molecular weight is 425 g/mol. The minimum absolute atomic E-state index is 0.0479. The van der Waals surface area contributed by atoms with Crippen molar-refractivity contribution in [3.05, 3.63) is 18.2 Å². The molecule has 0 aromatic heterocycles. The molecule has 3 atom stereocenters. The summed E-state index contributed by atoms with van der Waals surface area (Å²) in [5.41, 5.74) is 0.750. The standard InChI is InChI=1S/C18H20N2O6S2/c21-17(14-2-1-5-24-14)19-18-20(12-9-28(22,23)10-16(12)27-18)11-3-4-13-15(8-11)26-7-6-25-13/h3-4,8,12,14,16H,1-2,5-7,9-10H2/t12-,14+,16-/m1/s1. The fraction of sp³-hybridized carbons (Fsp3) is 0.556. The molecule has 10 heteroatoms. The molecule has 28 heavy (non-hydrogen) atoms. The van der Waals surface area contributed by atoms with Crippen LogP contribution >= 0.6 is 11.8 Å². The SMILES string of the molecule is O=C(N=C1S[C@@H]2CS(=O)(=O)C[C@H]2N1c1ccc2c(c1)OCCO2)[C@@H]1CCCO1. The molecular weight excluding hydrogens is 404 g/mol. The summed E-state index contributed by atoms with van der Waals surface area (Å²) in [5.74, 6) is 1.11. The molecule has 4 aliphatic rings. The third-order valence-corrected chi connectivity index (χ3v) is 8.49. The van der Waals surface area contributed by atoms with Gasteiger partial charge in [0.2, 0.25) is 0 Å². The van der Waals surface area contributed by atoms with E-state index in [0.29, 0.717) is 42.9 Å². The van der Waals surface area contributed by atoms with Crippen LogP contribution in [0.3, 0.4) is 0 Å². The molecule has 0 bridgehead atoms. The van der Waals surface area contributed by atoms with Crippen molar-refractivity contribution < 1.29 is 27.4 Å². The van der Waals surface area contributed by atoms with Crippen LogP contribution < -0.4 is 14.4 Å². The predicted molar refractivity (Wildman–Crippen MR) is 105 cm³/mol. The van der Waals surface area contributed by atoms with E-state index in [1.807, 2.05) is 23.1 Å². The Labute approximate surface area is 167 Å². The third-order valence-electron chi connectivity index (χ3n) is 5.28. The van der Waals surface area contributed by atoms with Crippen LogP contribution in [0.15, 0.2) is 23.2 Å². The van der Waals surface area contributed by atoms with E-state index in [1.165, 1.54) is 11.8 Å². The lowest BCUT2D eigenvalue weighted by Crippen LogP contribution is -2.38. The van der Waals surface area contributed by atoms with Crippen molar-refractivity contribution in [3.63, 3.8) is 0 Å². The molecule has 3 fully saturated rings. The predicted octanol–water partition coefficient (Wildman–Crippen LogP) is 1.24. The Balaban J connectivity index is 1.51. The quantitative estimate of drug-likeness (QED) is 0.700. The number of carbonyl (C=O) groups is 1. The third kappa shape index (κ3) is 3.27. The number of thioether (sulfide) groups is 1. The summed E-state index contributed by atoms with van der Waals surface area (Å²) in [4.78, 5) is 18.7. The van der Waals surface area contributed by atoms with Gasteiger partial charge < -0.3 is 19.1 Å². The van der Waals surface area contributed by atoms with Gasteiger partial charge in [0.15, 0.2) is 26.5 Å². The van der Waals surface area contributed by atoms with Crippen molar-refractivity contribution >= 4 is 38.4 Å². The smallest absolute Gasteiger partial charge is 0.277 e. The van der Waals surface area contributed by atoms with E-state index in [0.717, 1.165) is 12.1 Å². The van der Waals surface area contributed by atoms with Crippen LogP contribution in [0, 0.1) is 0 Å². The highest BCUT2D eigenvalue weighted by Crippen LogP contribution is 2.43. The van der Waals surface area contributed by atoms with Gasteiger partial charge >= 0.3 is 0 Å². The molecule has 3 saturated heterocycles. The van der Waals surface area contributed by atoms with Gasteiger partial charge in [0, 0.05) is 23.6 Å². The van der Waals surface area contributed by atoms with Gasteiger partial charge in [-0.1, -0.05) is 11.8 Å². The zero-order valence-corrected chi connectivity index (χ0v) is 16.7. The van der Waals surface area contributed by atoms with Crippen molar-refractivity contribution in [2.45, 2.75) is 30.2 Å². The van der Waals surface area contributed by atoms with Gasteiger partial charge in [-0.15, -0.1) is 0 Å². The first kappa shape index (κ1) is 18.3. The number of rotatable bonds is 2. The number of nitrogens with zero attached hydrogens (tertiary/aromatic N) is 2. The zero-order valence-electron chi connectivity index (χ0n) is 15.1. The molecule has 5 rings (SSSR count). The normalized spacial score (nSPS) is 31.9. The van der Waals surface area contributed by atoms with E-state index in [1.54, 1.807) is 0 Å². The average Bonchev–Trinajstić information content (AvgIpc) is 3.36. The molecule has 0 saturated carbocycles.